The zero-order chi connectivity index (χ0) is 18.6. The maximum atomic E-state index is 2.78. The Morgan fingerprint density at radius 1 is 0.926 bits per heavy atom. The molecule has 1 aliphatic carbocycles. The molecule has 2 fully saturated rings. The highest BCUT2D eigenvalue weighted by atomic mass is 15.3. The molecule has 3 nitrogen and oxygen atoms in total. The molecule has 2 heterocycles. The van der Waals surface area contributed by atoms with E-state index in [9.17, 15) is 0 Å². The number of rotatable bonds is 6. The van der Waals surface area contributed by atoms with Gasteiger partial charge in [0.25, 0.3) is 0 Å². The zero-order valence-electron chi connectivity index (χ0n) is 17.6. The second-order valence-electron chi connectivity index (χ2n) is 9.35. The highest BCUT2D eigenvalue weighted by molar-refractivity contribution is 5.37. The van der Waals surface area contributed by atoms with E-state index in [0.29, 0.717) is 0 Å². The Labute approximate surface area is 166 Å². The van der Waals surface area contributed by atoms with Crippen molar-refractivity contribution in [2.24, 2.45) is 0 Å². The smallest absolute Gasteiger partial charge is 0.0121 e. The third kappa shape index (κ3) is 4.93. The first-order valence-corrected chi connectivity index (χ1v) is 11.4. The first-order chi connectivity index (χ1) is 13.2. The standard InChI is InChI=1S/C24H39N3/c1-20-6-9-24-21(7-8-22(24)19-20)5-3-4-12-26-15-17-27(18-16-26)23-10-13-25(2)14-11-23/h6,9,19,21,23H,3-5,7-8,10-18H2,1-2H3. The van der Waals surface area contributed by atoms with Gasteiger partial charge < -0.3 is 9.80 Å². The van der Waals surface area contributed by atoms with Crippen molar-refractivity contribution in [1.82, 2.24) is 14.7 Å². The lowest BCUT2D eigenvalue weighted by Gasteiger charge is -2.42. The van der Waals surface area contributed by atoms with Crippen molar-refractivity contribution >= 4 is 0 Å². The van der Waals surface area contributed by atoms with Gasteiger partial charge in [-0.15, -0.1) is 0 Å². The fourth-order valence-corrected chi connectivity index (χ4v) is 5.57. The number of unbranched alkanes of at least 4 members (excludes halogenated alkanes) is 1. The molecule has 150 valence electrons. The van der Waals surface area contributed by atoms with Gasteiger partial charge in [0.1, 0.15) is 0 Å². The van der Waals surface area contributed by atoms with Crippen molar-refractivity contribution in [2.75, 3.05) is 52.9 Å². The van der Waals surface area contributed by atoms with Crippen LogP contribution >= 0.6 is 0 Å². The summed E-state index contributed by atoms with van der Waals surface area (Å²) in [6, 6.07) is 7.99. The van der Waals surface area contributed by atoms with Crippen molar-refractivity contribution in [3.63, 3.8) is 0 Å². The summed E-state index contributed by atoms with van der Waals surface area (Å²) in [6.45, 7) is 11.3. The third-order valence-corrected chi connectivity index (χ3v) is 7.39. The fourth-order valence-electron chi connectivity index (χ4n) is 5.57. The minimum absolute atomic E-state index is 0.835. The Balaban J connectivity index is 1.13. The summed E-state index contributed by atoms with van der Waals surface area (Å²) < 4.78 is 0. The highest BCUT2D eigenvalue weighted by Crippen LogP contribution is 2.36. The molecular weight excluding hydrogens is 330 g/mol. The van der Waals surface area contributed by atoms with Gasteiger partial charge >= 0.3 is 0 Å². The van der Waals surface area contributed by atoms with Crippen LogP contribution in [0.2, 0.25) is 0 Å². The number of piperazine rings is 1. The number of nitrogens with zero attached hydrogens (tertiary/aromatic N) is 3. The molecule has 0 saturated carbocycles. The van der Waals surface area contributed by atoms with E-state index in [4.69, 9.17) is 0 Å². The van der Waals surface area contributed by atoms with Gasteiger partial charge in [0.2, 0.25) is 0 Å². The molecule has 0 spiro atoms. The summed E-state index contributed by atoms with van der Waals surface area (Å²) in [5, 5.41) is 0. The number of aryl methyl sites for hydroxylation is 2. The zero-order valence-corrected chi connectivity index (χ0v) is 17.6. The van der Waals surface area contributed by atoms with Gasteiger partial charge in [0.05, 0.1) is 0 Å². The van der Waals surface area contributed by atoms with Crippen LogP contribution in [0.5, 0.6) is 0 Å². The van der Waals surface area contributed by atoms with E-state index in [1.807, 2.05) is 0 Å². The van der Waals surface area contributed by atoms with Crippen LogP contribution in [0.3, 0.4) is 0 Å². The van der Waals surface area contributed by atoms with Crippen molar-refractivity contribution in [3.8, 4) is 0 Å². The predicted molar refractivity (Wildman–Crippen MR) is 115 cm³/mol. The number of hydrogen-bond donors (Lipinski definition) is 0. The van der Waals surface area contributed by atoms with E-state index >= 15 is 0 Å². The molecule has 0 bridgehead atoms. The van der Waals surface area contributed by atoms with Gasteiger partial charge in [-0.2, -0.15) is 0 Å². The largest absolute Gasteiger partial charge is 0.306 e. The van der Waals surface area contributed by atoms with Gasteiger partial charge in [-0.25, -0.2) is 0 Å². The summed E-state index contributed by atoms with van der Waals surface area (Å²) in [4.78, 5) is 7.98. The summed E-state index contributed by atoms with van der Waals surface area (Å²) in [7, 11) is 2.26. The van der Waals surface area contributed by atoms with Gasteiger partial charge in [-0.05, 0) is 89.2 Å². The molecule has 4 rings (SSSR count). The number of hydrogen-bond acceptors (Lipinski definition) is 3. The van der Waals surface area contributed by atoms with Gasteiger partial charge in [0, 0.05) is 32.2 Å². The lowest BCUT2D eigenvalue weighted by molar-refractivity contribution is 0.0640. The Bertz CT molecular complexity index is 598. The van der Waals surface area contributed by atoms with E-state index in [2.05, 4.69) is 46.9 Å². The van der Waals surface area contributed by atoms with Crippen LogP contribution in [0.25, 0.3) is 0 Å². The summed E-state index contributed by atoms with van der Waals surface area (Å²) >= 11 is 0. The number of fused-ring (bicyclic) bond motifs is 1. The van der Waals surface area contributed by atoms with Crippen LogP contribution in [0.15, 0.2) is 18.2 Å². The fraction of sp³-hybridized carbons (Fsp3) is 0.750. The molecule has 1 unspecified atom stereocenters. The Hall–Kier alpha value is -0.900. The summed E-state index contributed by atoms with van der Waals surface area (Å²) in [5.74, 6) is 0.835. The van der Waals surface area contributed by atoms with E-state index in [-0.39, 0.29) is 0 Å². The minimum Gasteiger partial charge on any atom is -0.306 e. The average molecular weight is 370 g/mol. The van der Waals surface area contributed by atoms with Crippen molar-refractivity contribution < 1.29 is 0 Å². The van der Waals surface area contributed by atoms with Crippen LogP contribution in [0.1, 0.15) is 61.1 Å². The third-order valence-electron chi connectivity index (χ3n) is 7.39. The summed E-state index contributed by atoms with van der Waals surface area (Å²) in [6.07, 6.45) is 9.61. The molecule has 0 amide bonds. The normalized spacial score (nSPS) is 25.8. The van der Waals surface area contributed by atoms with E-state index in [0.717, 1.165) is 12.0 Å². The molecule has 1 atom stereocenters. The van der Waals surface area contributed by atoms with Gasteiger partial charge in [0.15, 0.2) is 0 Å². The Kier molecular flexibility index (Phi) is 6.52. The molecule has 0 N–H and O–H groups in total. The number of benzene rings is 1. The van der Waals surface area contributed by atoms with Crippen LogP contribution < -0.4 is 0 Å². The molecule has 1 aromatic carbocycles. The second-order valence-corrected chi connectivity index (χ2v) is 9.35. The molecule has 2 aliphatic heterocycles. The molecule has 27 heavy (non-hydrogen) atoms. The van der Waals surface area contributed by atoms with E-state index in [1.165, 1.54) is 96.3 Å². The lowest BCUT2D eigenvalue weighted by atomic mass is 9.94. The lowest BCUT2D eigenvalue weighted by Crippen LogP contribution is -2.52. The molecule has 3 aliphatic rings. The number of likely N-dealkylation sites (tertiary alicyclic amines) is 1. The Morgan fingerprint density at radius 2 is 1.70 bits per heavy atom. The van der Waals surface area contributed by atoms with E-state index < -0.39 is 0 Å². The first-order valence-electron chi connectivity index (χ1n) is 11.4. The van der Waals surface area contributed by atoms with Crippen LogP contribution in [0.4, 0.5) is 0 Å². The van der Waals surface area contributed by atoms with Crippen molar-refractivity contribution in [1.29, 1.82) is 0 Å². The van der Waals surface area contributed by atoms with E-state index in [1.54, 1.807) is 11.1 Å². The minimum atomic E-state index is 0.835. The van der Waals surface area contributed by atoms with Crippen LogP contribution in [-0.2, 0) is 6.42 Å². The number of piperidine rings is 1. The highest BCUT2D eigenvalue weighted by Gasteiger charge is 2.26. The topological polar surface area (TPSA) is 9.72 Å². The molecule has 3 heteroatoms. The maximum Gasteiger partial charge on any atom is 0.0121 e. The summed E-state index contributed by atoms with van der Waals surface area (Å²) in [5.41, 5.74) is 4.71. The van der Waals surface area contributed by atoms with Gasteiger partial charge in [-0.3, -0.25) is 4.90 Å². The Morgan fingerprint density at radius 3 is 2.48 bits per heavy atom. The second kappa shape index (κ2) is 9.07. The maximum absolute atomic E-state index is 2.78. The average Bonchev–Trinajstić information content (AvgIpc) is 3.08. The molecule has 1 aromatic rings. The van der Waals surface area contributed by atoms with Crippen LogP contribution in [0, 0.1) is 6.92 Å². The molecule has 2 saturated heterocycles. The van der Waals surface area contributed by atoms with Crippen LogP contribution in [-0.4, -0.2) is 73.6 Å². The quantitative estimate of drug-likeness (QED) is 0.704. The monoisotopic (exact) mass is 369 g/mol. The van der Waals surface area contributed by atoms with Crippen molar-refractivity contribution in [2.45, 2.75) is 63.8 Å². The van der Waals surface area contributed by atoms with Crippen molar-refractivity contribution in [3.05, 3.63) is 34.9 Å². The predicted octanol–water partition coefficient (Wildman–Crippen LogP) is 3.91. The molecule has 0 radical (unpaired) electrons. The first kappa shape index (κ1) is 19.4. The SMILES string of the molecule is Cc1ccc2c(c1)CCC2CCCCN1CCN(C2CCN(C)CC2)CC1. The molecular formula is C24H39N3. The van der Waals surface area contributed by atoms with Gasteiger partial charge in [-0.1, -0.05) is 30.2 Å². The molecule has 0 aromatic heterocycles.